The molecule has 0 amide bonds. The number of hydrogen-bond donors (Lipinski definition) is 0. The Morgan fingerprint density at radius 3 is 2.27 bits per heavy atom. The Kier molecular flexibility index (Phi) is 7.59. The van der Waals surface area contributed by atoms with Crippen molar-refractivity contribution in [1.29, 1.82) is 0 Å². The standard InChI is InChI=1S/C9H18N.Li/c1-2-3-7-10-8-5-4-6-9-10;/h1-9H2;/q-1;+1. The molecule has 0 bridgehead atoms. The van der Waals surface area contributed by atoms with E-state index in [1.54, 1.807) is 0 Å². The van der Waals surface area contributed by atoms with Crippen LogP contribution < -0.4 is 18.9 Å². The Morgan fingerprint density at radius 2 is 1.73 bits per heavy atom. The minimum Gasteiger partial charge on any atom is -0.343 e. The zero-order chi connectivity index (χ0) is 7.23. The molecular formula is C9H18LiN. The van der Waals surface area contributed by atoms with Crippen molar-refractivity contribution in [3.05, 3.63) is 6.92 Å². The van der Waals surface area contributed by atoms with Crippen LogP contribution in [-0.2, 0) is 0 Å². The molecule has 0 aromatic heterocycles. The second-order valence-electron chi connectivity index (χ2n) is 3.11. The van der Waals surface area contributed by atoms with E-state index >= 15 is 0 Å². The molecule has 1 saturated heterocycles. The smallest absolute Gasteiger partial charge is 0.343 e. The van der Waals surface area contributed by atoms with Gasteiger partial charge in [0.1, 0.15) is 0 Å². The van der Waals surface area contributed by atoms with Gasteiger partial charge in [-0.05, 0) is 32.5 Å². The molecule has 1 rings (SSSR count). The maximum Gasteiger partial charge on any atom is 1.00 e. The summed E-state index contributed by atoms with van der Waals surface area (Å²) in [5, 5.41) is 0. The topological polar surface area (TPSA) is 3.24 Å². The third-order valence-corrected chi connectivity index (χ3v) is 2.17. The fourth-order valence-corrected chi connectivity index (χ4v) is 1.52. The van der Waals surface area contributed by atoms with Crippen LogP contribution in [0.4, 0.5) is 0 Å². The predicted octanol–water partition coefficient (Wildman–Crippen LogP) is -0.909. The third-order valence-electron chi connectivity index (χ3n) is 2.17. The van der Waals surface area contributed by atoms with Crippen molar-refractivity contribution < 1.29 is 18.9 Å². The van der Waals surface area contributed by atoms with Gasteiger partial charge in [0.2, 0.25) is 0 Å². The fourth-order valence-electron chi connectivity index (χ4n) is 1.52. The number of piperidine rings is 1. The molecule has 2 heteroatoms. The molecule has 1 fully saturated rings. The van der Waals surface area contributed by atoms with Crippen LogP contribution in [0.2, 0.25) is 0 Å². The van der Waals surface area contributed by atoms with Gasteiger partial charge in [0.25, 0.3) is 0 Å². The molecule has 0 aromatic carbocycles. The van der Waals surface area contributed by atoms with Crippen LogP contribution in [0, 0.1) is 6.92 Å². The molecule has 11 heavy (non-hydrogen) atoms. The SMILES string of the molecule is [CH2-]CCCN1CCCCC1.[Li+]. The normalized spacial score (nSPS) is 19.4. The Balaban J connectivity index is 0.000001000. The van der Waals surface area contributed by atoms with Crippen LogP contribution in [0.3, 0.4) is 0 Å². The van der Waals surface area contributed by atoms with Crippen molar-refractivity contribution in [2.75, 3.05) is 19.6 Å². The van der Waals surface area contributed by atoms with Gasteiger partial charge in [-0.25, -0.2) is 0 Å². The average molecular weight is 147 g/mol. The first-order valence-corrected chi connectivity index (χ1v) is 4.45. The summed E-state index contributed by atoms with van der Waals surface area (Å²) in [5.41, 5.74) is 0. The fraction of sp³-hybridized carbons (Fsp3) is 0.889. The number of unbranched alkanes of at least 4 members (excludes halogenated alkanes) is 1. The minimum absolute atomic E-state index is 0. The summed E-state index contributed by atoms with van der Waals surface area (Å²) in [6.07, 6.45) is 6.64. The van der Waals surface area contributed by atoms with Crippen molar-refractivity contribution in [1.82, 2.24) is 4.90 Å². The van der Waals surface area contributed by atoms with E-state index in [1.807, 2.05) is 0 Å². The Bertz CT molecular complexity index is 79.6. The van der Waals surface area contributed by atoms with Crippen LogP contribution in [0.5, 0.6) is 0 Å². The van der Waals surface area contributed by atoms with Gasteiger partial charge in [-0.1, -0.05) is 12.8 Å². The second kappa shape index (κ2) is 7.22. The summed E-state index contributed by atoms with van der Waals surface area (Å²) in [4.78, 5) is 2.56. The van der Waals surface area contributed by atoms with Crippen molar-refractivity contribution in [2.24, 2.45) is 0 Å². The Labute approximate surface area is 82.7 Å². The molecule has 1 aliphatic rings. The number of likely N-dealkylation sites (tertiary alicyclic amines) is 1. The number of rotatable bonds is 3. The van der Waals surface area contributed by atoms with E-state index in [0.29, 0.717) is 0 Å². The Hall–Kier alpha value is 0.557. The van der Waals surface area contributed by atoms with Crippen LogP contribution in [0.1, 0.15) is 32.1 Å². The summed E-state index contributed by atoms with van der Waals surface area (Å²) < 4.78 is 0. The molecule has 0 aromatic rings. The molecule has 1 aliphatic heterocycles. The van der Waals surface area contributed by atoms with E-state index in [4.69, 9.17) is 0 Å². The first-order valence-electron chi connectivity index (χ1n) is 4.45. The van der Waals surface area contributed by atoms with Crippen LogP contribution >= 0.6 is 0 Å². The average Bonchev–Trinajstić information content (AvgIpc) is 2.03. The molecule has 0 N–H and O–H groups in total. The minimum atomic E-state index is 0. The van der Waals surface area contributed by atoms with Crippen molar-refractivity contribution in [2.45, 2.75) is 32.1 Å². The van der Waals surface area contributed by atoms with Gasteiger partial charge < -0.3 is 11.8 Å². The summed E-state index contributed by atoms with van der Waals surface area (Å²) in [5.74, 6) is 0. The quantitative estimate of drug-likeness (QED) is 0.369. The summed E-state index contributed by atoms with van der Waals surface area (Å²) >= 11 is 0. The van der Waals surface area contributed by atoms with E-state index in [0.717, 1.165) is 6.42 Å². The van der Waals surface area contributed by atoms with Gasteiger partial charge in [-0.3, -0.25) is 0 Å². The first-order chi connectivity index (χ1) is 4.93. The van der Waals surface area contributed by atoms with Gasteiger partial charge in [0.05, 0.1) is 0 Å². The van der Waals surface area contributed by atoms with Crippen LogP contribution in [0.25, 0.3) is 0 Å². The van der Waals surface area contributed by atoms with Gasteiger partial charge in [0, 0.05) is 0 Å². The number of nitrogens with zero attached hydrogens (tertiary/aromatic N) is 1. The first kappa shape index (κ1) is 11.6. The third kappa shape index (κ3) is 4.90. The van der Waals surface area contributed by atoms with E-state index in [-0.39, 0.29) is 18.9 Å². The van der Waals surface area contributed by atoms with E-state index in [9.17, 15) is 0 Å². The largest absolute Gasteiger partial charge is 1.00 e. The molecule has 0 atom stereocenters. The van der Waals surface area contributed by atoms with Crippen molar-refractivity contribution >= 4 is 0 Å². The number of hydrogen-bond acceptors (Lipinski definition) is 1. The second-order valence-corrected chi connectivity index (χ2v) is 3.11. The molecule has 1 heterocycles. The molecule has 0 unspecified atom stereocenters. The van der Waals surface area contributed by atoms with E-state index in [1.165, 1.54) is 45.3 Å². The maximum absolute atomic E-state index is 3.84. The summed E-state index contributed by atoms with van der Waals surface area (Å²) in [7, 11) is 0. The molecule has 0 radical (unpaired) electrons. The molecule has 0 spiro atoms. The van der Waals surface area contributed by atoms with Crippen LogP contribution in [-0.4, -0.2) is 24.5 Å². The molecule has 1 nitrogen and oxygen atoms in total. The molecular weight excluding hydrogens is 129 g/mol. The van der Waals surface area contributed by atoms with Gasteiger partial charge >= 0.3 is 18.9 Å². The van der Waals surface area contributed by atoms with Crippen molar-refractivity contribution in [3.63, 3.8) is 0 Å². The van der Waals surface area contributed by atoms with Gasteiger partial charge in [-0.15, -0.1) is 0 Å². The summed E-state index contributed by atoms with van der Waals surface area (Å²) in [6, 6.07) is 0. The van der Waals surface area contributed by atoms with E-state index < -0.39 is 0 Å². The maximum atomic E-state index is 3.84. The van der Waals surface area contributed by atoms with Gasteiger partial charge in [0.15, 0.2) is 0 Å². The molecule has 0 aliphatic carbocycles. The zero-order valence-corrected chi connectivity index (χ0v) is 7.81. The molecule has 0 saturated carbocycles. The summed E-state index contributed by atoms with van der Waals surface area (Å²) in [6.45, 7) is 7.79. The Morgan fingerprint density at radius 1 is 1.09 bits per heavy atom. The van der Waals surface area contributed by atoms with Crippen LogP contribution in [0.15, 0.2) is 0 Å². The predicted molar refractivity (Wildman–Crippen MR) is 44.9 cm³/mol. The van der Waals surface area contributed by atoms with Gasteiger partial charge in [-0.2, -0.15) is 6.42 Å². The van der Waals surface area contributed by atoms with Crippen molar-refractivity contribution in [3.8, 4) is 0 Å². The van der Waals surface area contributed by atoms with E-state index in [2.05, 4.69) is 11.8 Å². The molecule has 60 valence electrons. The monoisotopic (exact) mass is 147 g/mol. The zero-order valence-electron chi connectivity index (χ0n) is 7.81.